The number of aryl methyl sites for hydroxylation is 1. The maximum absolute atomic E-state index is 13.5. The lowest BCUT2D eigenvalue weighted by Crippen LogP contribution is -2.28. The van der Waals surface area contributed by atoms with Gasteiger partial charge in [0.2, 0.25) is 10.0 Å². The molecule has 1 N–H and O–H groups in total. The Labute approximate surface area is 226 Å². The van der Waals surface area contributed by atoms with E-state index < -0.39 is 10.0 Å². The maximum atomic E-state index is 13.5. The molecule has 6 nitrogen and oxygen atoms in total. The first kappa shape index (κ1) is 29.1. The minimum Gasteiger partial charge on any atom is -0.494 e. The van der Waals surface area contributed by atoms with Crippen molar-refractivity contribution in [2.24, 2.45) is 0 Å². The molecule has 0 bridgehead atoms. The summed E-state index contributed by atoms with van der Waals surface area (Å²) in [7, 11) is -3.41. The summed E-state index contributed by atoms with van der Waals surface area (Å²) >= 11 is 1.58. The number of rotatable bonds is 16. The highest BCUT2D eigenvalue weighted by Gasteiger charge is 2.20. The third-order valence-corrected chi connectivity index (χ3v) is 8.19. The fourth-order valence-electron chi connectivity index (χ4n) is 4.35. The molecule has 0 spiro atoms. The molecule has 202 valence electrons. The van der Waals surface area contributed by atoms with Crippen LogP contribution in [0.4, 0.5) is 5.69 Å². The minimum atomic E-state index is -3.41. The number of carbonyl (C=O) groups is 1. The number of carbonyl (C=O) groups excluding carboxylic acids is 1. The quantitative estimate of drug-likeness (QED) is 0.160. The monoisotopic (exact) mass is 544 g/mol. The molecule has 0 amide bonds. The van der Waals surface area contributed by atoms with Crippen LogP contribution in [0, 0.1) is 0 Å². The van der Waals surface area contributed by atoms with Crippen molar-refractivity contribution in [1.29, 1.82) is 0 Å². The Kier molecular flexibility index (Phi) is 11.0. The van der Waals surface area contributed by atoms with Crippen LogP contribution in [0.3, 0.4) is 0 Å². The second-order valence-corrected chi connectivity index (χ2v) is 12.3. The number of fused-ring (bicyclic) bond motifs is 1. The predicted molar refractivity (Wildman–Crippen MR) is 156 cm³/mol. The molecule has 2 aromatic carbocycles. The molecule has 0 aliphatic heterocycles. The Morgan fingerprint density at radius 3 is 2.19 bits per heavy atom. The van der Waals surface area contributed by atoms with E-state index in [-0.39, 0.29) is 5.78 Å². The van der Waals surface area contributed by atoms with Crippen LogP contribution in [0.5, 0.6) is 5.75 Å². The molecule has 0 aliphatic carbocycles. The van der Waals surface area contributed by atoms with Gasteiger partial charge in [-0.15, -0.1) is 11.3 Å². The number of hydrogen-bond acceptors (Lipinski definition) is 6. The standard InChI is InChI=1S/C29H40N2O4S2/c1-5-8-17-31(18-9-6-2)19-10-20-35-24-14-11-22(12-15-24)29(32)28-25-21-23(30-37(4,33)34)13-16-27(25)36-26(28)7-3/h11-16,21,30H,5-10,17-20H2,1-4H3. The van der Waals surface area contributed by atoms with E-state index in [0.717, 1.165) is 59.4 Å². The van der Waals surface area contributed by atoms with Gasteiger partial charge in [-0.3, -0.25) is 9.52 Å². The van der Waals surface area contributed by atoms with Crippen molar-refractivity contribution in [1.82, 2.24) is 4.90 Å². The largest absolute Gasteiger partial charge is 0.494 e. The molecule has 0 fully saturated rings. The van der Waals surface area contributed by atoms with Crippen LogP contribution in [0.15, 0.2) is 42.5 Å². The number of ether oxygens (including phenoxy) is 1. The van der Waals surface area contributed by atoms with Crippen LogP contribution in [0.25, 0.3) is 10.1 Å². The van der Waals surface area contributed by atoms with E-state index in [1.165, 1.54) is 25.7 Å². The molecule has 0 saturated carbocycles. The summed E-state index contributed by atoms with van der Waals surface area (Å²) in [6.45, 7) is 10.5. The van der Waals surface area contributed by atoms with Gasteiger partial charge in [0.25, 0.3) is 0 Å². The molecule has 3 rings (SSSR count). The summed E-state index contributed by atoms with van der Waals surface area (Å²) < 4.78 is 32.8. The van der Waals surface area contributed by atoms with Crippen molar-refractivity contribution in [3.8, 4) is 5.75 Å². The van der Waals surface area contributed by atoms with E-state index in [9.17, 15) is 13.2 Å². The zero-order chi connectivity index (χ0) is 26.8. The van der Waals surface area contributed by atoms with Crippen LogP contribution < -0.4 is 9.46 Å². The van der Waals surface area contributed by atoms with Crippen molar-refractivity contribution in [3.05, 3.63) is 58.5 Å². The summed E-state index contributed by atoms with van der Waals surface area (Å²) in [5.41, 5.74) is 1.69. The lowest BCUT2D eigenvalue weighted by atomic mass is 9.99. The van der Waals surface area contributed by atoms with Crippen LogP contribution in [-0.4, -0.2) is 51.6 Å². The molecule has 3 aromatic rings. The summed E-state index contributed by atoms with van der Waals surface area (Å²) in [5.74, 6) is 0.699. The molecule has 0 saturated heterocycles. The van der Waals surface area contributed by atoms with Gasteiger partial charge in [0.1, 0.15) is 5.75 Å². The number of ketones is 1. The van der Waals surface area contributed by atoms with Gasteiger partial charge >= 0.3 is 0 Å². The molecular weight excluding hydrogens is 504 g/mol. The number of thiophene rings is 1. The van der Waals surface area contributed by atoms with Gasteiger partial charge in [-0.1, -0.05) is 33.6 Å². The number of sulfonamides is 1. The number of anilines is 1. The molecular formula is C29H40N2O4S2. The molecule has 8 heteroatoms. The highest BCUT2D eigenvalue weighted by Crippen LogP contribution is 2.35. The summed E-state index contributed by atoms with van der Waals surface area (Å²) in [5, 5.41) is 0.775. The van der Waals surface area contributed by atoms with Crippen molar-refractivity contribution >= 4 is 42.9 Å². The Morgan fingerprint density at radius 2 is 1.59 bits per heavy atom. The Bertz CT molecular complexity index is 1260. The molecule has 0 atom stereocenters. The highest BCUT2D eigenvalue weighted by atomic mass is 32.2. The number of nitrogens with one attached hydrogen (secondary N) is 1. The summed E-state index contributed by atoms with van der Waals surface area (Å²) in [6.07, 6.45) is 7.70. The van der Waals surface area contributed by atoms with Crippen molar-refractivity contribution in [3.63, 3.8) is 0 Å². The molecule has 0 radical (unpaired) electrons. The lowest BCUT2D eigenvalue weighted by molar-refractivity contribution is 0.104. The number of nitrogens with zero attached hydrogens (tertiary/aromatic N) is 1. The van der Waals surface area contributed by atoms with E-state index in [4.69, 9.17) is 4.74 Å². The molecule has 1 aromatic heterocycles. The normalized spacial score (nSPS) is 11.8. The first-order valence-corrected chi connectivity index (χ1v) is 16.0. The molecule has 0 aliphatic rings. The maximum Gasteiger partial charge on any atom is 0.229 e. The molecule has 0 unspecified atom stereocenters. The van der Waals surface area contributed by atoms with Gasteiger partial charge in [-0.25, -0.2) is 8.42 Å². The van der Waals surface area contributed by atoms with Crippen LogP contribution >= 0.6 is 11.3 Å². The lowest BCUT2D eigenvalue weighted by Gasteiger charge is -2.21. The van der Waals surface area contributed by atoms with Gasteiger partial charge in [0.05, 0.1) is 12.9 Å². The van der Waals surface area contributed by atoms with E-state index in [1.54, 1.807) is 23.5 Å². The van der Waals surface area contributed by atoms with E-state index in [1.807, 2.05) is 37.3 Å². The second-order valence-electron chi connectivity index (χ2n) is 9.44. The fourth-order valence-corrected chi connectivity index (χ4v) is 6.02. The van der Waals surface area contributed by atoms with Crippen molar-refractivity contribution in [2.75, 3.05) is 37.2 Å². The number of hydrogen-bond donors (Lipinski definition) is 1. The third kappa shape index (κ3) is 8.55. The van der Waals surface area contributed by atoms with Crippen LogP contribution in [-0.2, 0) is 16.4 Å². The van der Waals surface area contributed by atoms with Gasteiger partial charge in [0, 0.05) is 38.3 Å². The minimum absolute atomic E-state index is 0.0614. The molecule has 1 heterocycles. The average molecular weight is 545 g/mol. The highest BCUT2D eigenvalue weighted by molar-refractivity contribution is 7.92. The van der Waals surface area contributed by atoms with Crippen LogP contribution in [0.1, 0.15) is 73.7 Å². The number of benzene rings is 2. The molecule has 37 heavy (non-hydrogen) atoms. The first-order valence-electron chi connectivity index (χ1n) is 13.3. The zero-order valence-corrected chi connectivity index (χ0v) is 24.1. The van der Waals surface area contributed by atoms with Gasteiger partial charge in [0.15, 0.2) is 5.78 Å². The van der Waals surface area contributed by atoms with E-state index in [2.05, 4.69) is 23.5 Å². The van der Waals surface area contributed by atoms with E-state index >= 15 is 0 Å². The SMILES string of the molecule is CCCCN(CCCC)CCCOc1ccc(C(=O)c2c(CC)sc3ccc(NS(C)(=O)=O)cc23)cc1. The fraction of sp³-hybridized carbons (Fsp3) is 0.483. The average Bonchev–Trinajstić information content (AvgIpc) is 3.24. The van der Waals surface area contributed by atoms with Crippen molar-refractivity contribution in [2.45, 2.75) is 59.3 Å². The third-order valence-electron chi connectivity index (χ3n) is 6.27. The van der Waals surface area contributed by atoms with Gasteiger partial charge < -0.3 is 9.64 Å². The van der Waals surface area contributed by atoms with Gasteiger partial charge in [-0.05, 0) is 81.2 Å². The smallest absolute Gasteiger partial charge is 0.229 e. The Balaban J connectivity index is 1.67. The first-order chi connectivity index (χ1) is 17.8. The van der Waals surface area contributed by atoms with E-state index in [0.29, 0.717) is 23.4 Å². The Hall–Kier alpha value is -2.42. The summed E-state index contributed by atoms with van der Waals surface area (Å²) in [4.78, 5) is 17.1. The second kappa shape index (κ2) is 13.9. The van der Waals surface area contributed by atoms with Gasteiger partial charge in [-0.2, -0.15) is 0 Å². The zero-order valence-electron chi connectivity index (χ0n) is 22.5. The predicted octanol–water partition coefficient (Wildman–Crippen LogP) is 6.74. The Morgan fingerprint density at radius 1 is 0.946 bits per heavy atom. The number of unbranched alkanes of at least 4 members (excludes halogenated alkanes) is 2. The van der Waals surface area contributed by atoms with Crippen LogP contribution in [0.2, 0.25) is 0 Å². The van der Waals surface area contributed by atoms with Crippen molar-refractivity contribution < 1.29 is 17.9 Å². The topological polar surface area (TPSA) is 75.7 Å². The summed E-state index contributed by atoms with van der Waals surface area (Å²) in [6, 6.07) is 12.7.